The molecule has 0 fully saturated rings. The average molecular weight is 766 g/mol. The van der Waals surface area contributed by atoms with Gasteiger partial charge >= 0.3 is 0 Å². The molecule has 0 amide bonds. The molecule has 0 bridgehead atoms. The van der Waals surface area contributed by atoms with E-state index in [4.69, 9.17) is 4.74 Å². The molecule has 0 saturated heterocycles. The molecule has 282 valence electrons. The van der Waals surface area contributed by atoms with Gasteiger partial charge in [0.05, 0.1) is 0 Å². The van der Waals surface area contributed by atoms with Gasteiger partial charge in [-0.25, -0.2) is 0 Å². The van der Waals surface area contributed by atoms with Crippen LogP contribution in [0.2, 0.25) is 0 Å². The minimum atomic E-state index is 0.812. The van der Waals surface area contributed by atoms with Gasteiger partial charge in [-0.15, -0.1) is 0 Å². The maximum absolute atomic E-state index is 7.27. The highest BCUT2D eigenvalue weighted by atomic mass is 16.5. The van der Waals surface area contributed by atoms with Crippen LogP contribution in [0.25, 0.3) is 77.5 Å². The Kier molecular flexibility index (Phi) is 8.87. The van der Waals surface area contributed by atoms with Crippen molar-refractivity contribution < 1.29 is 4.74 Å². The summed E-state index contributed by atoms with van der Waals surface area (Å²) in [7, 11) is 0. The highest BCUT2D eigenvalue weighted by Crippen LogP contribution is 2.52. The molecule has 0 N–H and O–H groups in total. The monoisotopic (exact) mass is 765 g/mol. The SMILES string of the molecule is c1ccc(-c2ccc(-c3ccc(N(c4ccccc4)c4ccc5c(c4)Oc4c(-c6ccc(-c7ccccc7)cc6)cccc4-c4cc6ccccc6cc4-5)cc3)cc2)cc1. The van der Waals surface area contributed by atoms with Gasteiger partial charge in [0.1, 0.15) is 11.5 Å². The van der Waals surface area contributed by atoms with Crippen molar-refractivity contribution in [3.63, 3.8) is 0 Å². The zero-order valence-electron chi connectivity index (χ0n) is 32.9. The summed E-state index contributed by atoms with van der Waals surface area (Å²) in [5, 5.41) is 2.40. The van der Waals surface area contributed by atoms with Crippen molar-refractivity contribution >= 4 is 27.8 Å². The van der Waals surface area contributed by atoms with Crippen LogP contribution in [0.1, 0.15) is 0 Å². The van der Waals surface area contributed by atoms with Crippen molar-refractivity contribution in [2.45, 2.75) is 0 Å². The molecule has 0 spiro atoms. The number of anilines is 3. The van der Waals surface area contributed by atoms with Crippen LogP contribution in [0.5, 0.6) is 11.5 Å². The average Bonchev–Trinajstić information content (AvgIpc) is 3.46. The van der Waals surface area contributed by atoms with E-state index in [1.54, 1.807) is 0 Å². The van der Waals surface area contributed by atoms with Gasteiger partial charge in [0.15, 0.2) is 0 Å². The second-order valence-corrected chi connectivity index (χ2v) is 15.3. The Hall–Kier alpha value is -7.94. The Morgan fingerprint density at radius 1 is 0.250 bits per heavy atom. The fourth-order valence-electron chi connectivity index (χ4n) is 8.63. The second-order valence-electron chi connectivity index (χ2n) is 15.3. The molecule has 2 heteroatoms. The smallest absolute Gasteiger partial charge is 0.143 e. The first-order valence-corrected chi connectivity index (χ1v) is 20.5. The van der Waals surface area contributed by atoms with Crippen LogP contribution in [0.15, 0.2) is 237 Å². The molecule has 0 atom stereocenters. The minimum Gasteiger partial charge on any atom is -0.455 e. The number of para-hydroxylation sites is 2. The summed E-state index contributed by atoms with van der Waals surface area (Å²) in [4.78, 5) is 2.31. The number of hydrogen-bond donors (Lipinski definition) is 0. The predicted molar refractivity (Wildman–Crippen MR) is 251 cm³/mol. The predicted octanol–water partition coefficient (Wildman–Crippen LogP) is 16.4. The number of rotatable bonds is 7. The highest BCUT2D eigenvalue weighted by Gasteiger charge is 2.26. The Morgan fingerprint density at radius 2 is 0.667 bits per heavy atom. The van der Waals surface area contributed by atoms with Crippen LogP contribution < -0.4 is 9.64 Å². The third kappa shape index (κ3) is 6.51. The maximum atomic E-state index is 7.27. The Morgan fingerprint density at radius 3 is 1.23 bits per heavy atom. The number of hydrogen-bond acceptors (Lipinski definition) is 2. The van der Waals surface area contributed by atoms with Crippen molar-refractivity contribution in [1.29, 1.82) is 0 Å². The zero-order valence-corrected chi connectivity index (χ0v) is 32.9. The Labute approximate surface area is 350 Å². The van der Waals surface area contributed by atoms with E-state index in [9.17, 15) is 0 Å². The zero-order chi connectivity index (χ0) is 39.8. The molecule has 10 aromatic rings. The number of ether oxygens (including phenoxy) is 1. The van der Waals surface area contributed by atoms with Crippen molar-refractivity contribution in [3.05, 3.63) is 237 Å². The fraction of sp³-hybridized carbons (Fsp3) is 0. The van der Waals surface area contributed by atoms with Gasteiger partial charge in [-0.05, 0) is 109 Å². The van der Waals surface area contributed by atoms with Gasteiger partial charge in [-0.1, -0.05) is 182 Å². The third-order valence-corrected chi connectivity index (χ3v) is 11.7. The summed E-state index contributed by atoms with van der Waals surface area (Å²) >= 11 is 0. The van der Waals surface area contributed by atoms with E-state index in [0.29, 0.717) is 0 Å². The van der Waals surface area contributed by atoms with E-state index in [-0.39, 0.29) is 0 Å². The van der Waals surface area contributed by atoms with E-state index in [1.807, 2.05) is 0 Å². The first-order valence-electron chi connectivity index (χ1n) is 20.5. The van der Waals surface area contributed by atoms with Gasteiger partial charge in [-0.2, -0.15) is 0 Å². The van der Waals surface area contributed by atoms with Crippen LogP contribution in [-0.2, 0) is 0 Å². The summed E-state index contributed by atoms with van der Waals surface area (Å²) in [5.74, 6) is 1.67. The molecule has 11 rings (SSSR count). The second kappa shape index (κ2) is 15.1. The van der Waals surface area contributed by atoms with Crippen LogP contribution in [0.3, 0.4) is 0 Å². The Bertz CT molecular complexity index is 3120. The third-order valence-electron chi connectivity index (χ3n) is 11.7. The molecule has 0 saturated carbocycles. The molecule has 2 nitrogen and oxygen atoms in total. The lowest BCUT2D eigenvalue weighted by Crippen LogP contribution is -2.10. The maximum Gasteiger partial charge on any atom is 0.143 e. The van der Waals surface area contributed by atoms with Crippen LogP contribution in [0, 0.1) is 0 Å². The summed E-state index contributed by atoms with van der Waals surface area (Å²) in [5.41, 5.74) is 16.9. The minimum absolute atomic E-state index is 0.812. The van der Waals surface area contributed by atoms with Gasteiger partial charge in [0, 0.05) is 39.8 Å². The summed E-state index contributed by atoms with van der Waals surface area (Å²) in [6, 6.07) is 84.6. The summed E-state index contributed by atoms with van der Waals surface area (Å²) < 4.78 is 7.27. The lowest BCUT2D eigenvalue weighted by Gasteiger charge is -2.26. The largest absolute Gasteiger partial charge is 0.455 e. The van der Waals surface area contributed by atoms with Gasteiger partial charge < -0.3 is 9.64 Å². The molecular formula is C58H39NO. The molecule has 0 unspecified atom stereocenters. The quantitative estimate of drug-likeness (QED) is 0.160. The van der Waals surface area contributed by atoms with Gasteiger partial charge in [0.2, 0.25) is 0 Å². The number of benzene rings is 10. The molecular weight excluding hydrogens is 727 g/mol. The van der Waals surface area contributed by atoms with Crippen molar-refractivity contribution in [2.75, 3.05) is 4.90 Å². The van der Waals surface area contributed by atoms with Gasteiger partial charge in [-0.3, -0.25) is 0 Å². The molecule has 0 aromatic heterocycles. The summed E-state index contributed by atoms with van der Waals surface area (Å²) in [6.45, 7) is 0. The molecule has 1 heterocycles. The first-order chi connectivity index (χ1) is 29.7. The van der Waals surface area contributed by atoms with E-state index < -0.39 is 0 Å². The molecule has 1 aliphatic rings. The fourth-order valence-corrected chi connectivity index (χ4v) is 8.63. The number of fused-ring (bicyclic) bond motifs is 6. The summed E-state index contributed by atoms with van der Waals surface area (Å²) in [6.07, 6.45) is 0. The van der Waals surface area contributed by atoms with Crippen LogP contribution in [0.4, 0.5) is 17.1 Å². The topological polar surface area (TPSA) is 12.5 Å². The molecule has 0 radical (unpaired) electrons. The standard InChI is InChI=1S/C58H39NO/c1-4-13-40(14-5-1)42-23-25-44(26-24-42)45-31-33-50(34-32-45)59(49-19-8-3-9-20-49)51-35-36-53-55-37-47-17-10-11-18-48(47)38-56(55)54-22-12-21-52(58(54)60-57(53)39-51)46-29-27-43(28-30-46)41-15-6-2-7-16-41/h1-39H. The van der Waals surface area contributed by atoms with E-state index in [0.717, 1.165) is 61.9 Å². The molecule has 60 heavy (non-hydrogen) atoms. The van der Waals surface area contributed by atoms with Crippen molar-refractivity contribution in [3.8, 4) is 78.3 Å². The lowest BCUT2D eigenvalue weighted by atomic mass is 9.90. The lowest BCUT2D eigenvalue weighted by molar-refractivity contribution is 0.489. The Balaban J connectivity index is 1.02. The van der Waals surface area contributed by atoms with Crippen molar-refractivity contribution in [1.82, 2.24) is 0 Å². The highest BCUT2D eigenvalue weighted by molar-refractivity contribution is 6.01. The van der Waals surface area contributed by atoms with Crippen LogP contribution >= 0.6 is 0 Å². The normalized spacial score (nSPS) is 11.5. The van der Waals surface area contributed by atoms with E-state index in [1.165, 1.54) is 44.2 Å². The number of nitrogens with zero attached hydrogens (tertiary/aromatic N) is 1. The molecule has 1 aliphatic heterocycles. The molecule has 10 aromatic carbocycles. The first kappa shape index (κ1) is 35.2. The van der Waals surface area contributed by atoms with E-state index >= 15 is 0 Å². The van der Waals surface area contributed by atoms with Crippen molar-refractivity contribution in [2.24, 2.45) is 0 Å². The van der Waals surface area contributed by atoms with E-state index in [2.05, 4.69) is 241 Å². The van der Waals surface area contributed by atoms with Gasteiger partial charge in [0.25, 0.3) is 0 Å². The molecule has 0 aliphatic carbocycles. The van der Waals surface area contributed by atoms with Crippen LogP contribution in [-0.4, -0.2) is 0 Å².